The van der Waals surface area contributed by atoms with Gasteiger partial charge in [0.15, 0.2) is 5.69 Å². The van der Waals surface area contributed by atoms with Gasteiger partial charge in [0.2, 0.25) is 0 Å². The van der Waals surface area contributed by atoms with E-state index in [4.69, 9.17) is 14.6 Å². The first kappa shape index (κ1) is 31.5. The van der Waals surface area contributed by atoms with Crippen molar-refractivity contribution in [3.8, 4) is 28.3 Å². The van der Waals surface area contributed by atoms with Crippen molar-refractivity contribution in [1.29, 1.82) is 0 Å². The van der Waals surface area contributed by atoms with Gasteiger partial charge in [0.05, 0.1) is 18.0 Å². The number of ether oxygens (including phenoxy) is 2. The minimum atomic E-state index is -0.576. The van der Waals surface area contributed by atoms with Gasteiger partial charge in [0, 0.05) is 29.8 Å². The van der Waals surface area contributed by atoms with Gasteiger partial charge in [-0.2, -0.15) is 5.10 Å². The fourth-order valence-corrected chi connectivity index (χ4v) is 6.02. The Kier molecular flexibility index (Phi) is 9.57. The predicted octanol–water partition coefficient (Wildman–Crippen LogP) is 7.86. The Labute approximate surface area is 274 Å². The van der Waals surface area contributed by atoms with Gasteiger partial charge in [-0.15, -0.1) is 0 Å². The van der Waals surface area contributed by atoms with E-state index in [9.17, 15) is 14.4 Å². The molecule has 0 saturated carbocycles. The van der Waals surface area contributed by atoms with Crippen molar-refractivity contribution in [2.24, 2.45) is 0 Å². The lowest BCUT2D eigenvalue weighted by Crippen LogP contribution is -2.36. The van der Waals surface area contributed by atoms with Crippen molar-refractivity contribution in [1.82, 2.24) is 14.7 Å². The molecular weight excluding hydrogens is 590 g/mol. The molecule has 1 amide bonds. The van der Waals surface area contributed by atoms with E-state index in [2.05, 4.69) is 13.0 Å². The maximum absolute atomic E-state index is 14.3. The molecule has 2 heterocycles. The zero-order valence-electron chi connectivity index (χ0n) is 26.6. The van der Waals surface area contributed by atoms with Gasteiger partial charge in [-0.1, -0.05) is 67.9 Å². The zero-order chi connectivity index (χ0) is 32.8. The van der Waals surface area contributed by atoms with Gasteiger partial charge in [0.1, 0.15) is 17.8 Å². The van der Waals surface area contributed by atoms with Crippen LogP contribution in [0.25, 0.3) is 16.8 Å². The molecule has 47 heavy (non-hydrogen) atoms. The molecule has 8 nitrogen and oxygen atoms in total. The number of carbonyl (C=O) groups excluding carboxylic acids is 3. The zero-order valence-corrected chi connectivity index (χ0v) is 26.6. The van der Waals surface area contributed by atoms with Crippen molar-refractivity contribution in [2.45, 2.75) is 46.1 Å². The number of para-hydroxylation sites is 1. The molecule has 0 fully saturated rings. The second kappa shape index (κ2) is 14.3. The molecule has 0 bridgehead atoms. The number of hydrogen-bond donors (Lipinski definition) is 0. The Balaban J connectivity index is 1.47. The highest BCUT2D eigenvalue weighted by Crippen LogP contribution is 2.36. The summed E-state index contributed by atoms with van der Waals surface area (Å²) >= 11 is 0. The number of carbonyl (C=O) groups is 3. The number of amides is 1. The lowest BCUT2D eigenvalue weighted by Gasteiger charge is -2.29. The summed E-state index contributed by atoms with van der Waals surface area (Å²) in [6.45, 7) is 5.03. The van der Waals surface area contributed by atoms with E-state index in [1.165, 1.54) is 5.56 Å². The molecule has 0 atom stereocenters. The third-order valence-electron chi connectivity index (χ3n) is 8.37. The van der Waals surface area contributed by atoms with Gasteiger partial charge in [-0.05, 0) is 85.3 Å². The molecule has 238 valence electrons. The first-order valence-electron chi connectivity index (χ1n) is 16.1. The monoisotopic (exact) mass is 627 g/mol. The third-order valence-corrected chi connectivity index (χ3v) is 8.37. The van der Waals surface area contributed by atoms with Crippen LogP contribution in [0.5, 0.6) is 11.5 Å². The van der Waals surface area contributed by atoms with Crippen molar-refractivity contribution >= 4 is 18.2 Å². The molecular formula is C39H37N3O5. The van der Waals surface area contributed by atoms with E-state index in [-0.39, 0.29) is 18.2 Å². The smallest absolute Gasteiger partial charge is 0.359 e. The van der Waals surface area contributed by atoms with Crippen LogP contribution in [-0.2, 0) is 24.1 Å². The first-order chi connectivity index (χ1) is 23.0. The van der Waals surface area contributed by atoms with Gasteiger partial charge < -0.3 is 14.4 Å². The minimum Gasteiger partial charge on any atom is -0.461 e. The molecule has 0 unspecified atom stereocenters. The summed E-state index contributed by atoms with van der Waals surface area (Å²) in [5.41, 5.74) is 5.78. The Morgan fingerprint density at radius 1 is 0.872 bits per heavy atom. The molecule has 1 aliphatic rings. The molecule has 0 aliphatic carbocycles. The summed E-state index contributed by atoms with van der Waals surface area (Å²) in [4.78, 5) is 41.6. The van der Waals surface area contributed by atoms with Gasteiger partial charge in [-0.3, -0.25) is 9.59 Å². The van der Waals surface area contributed by atoms with E-state index < -0.39 is 5.97 Å². The van der Waals surface area contributed by atoms with E-state index in [1.54, 1.807) is 34.7 Å². The summed E-state index contributed by atoms with van der Waals surface area (Å²) in [5, 5.41) is 4.83. The molecule has 0 saturated heterocycles. The van der Waals surface area contributed by atoms with E-state index >= 15 is 0 Å². The summed E-state index contributed by atoms with van der Waals surface area (Å²) < 4.78 is 13.3. The highest BCUT2D eigenvalue weighted by Gasteiger charge is 2.31. The average molecular weight is 628 g/mol. The molecule has 0 spiro atoms. The van der Waals surface area contributed by atoms with Gasteiger partial charge >= 0.3 is 5.97 Å². The molecule has 0 N–H and O–H groups in total. The Bertz CT molecular complexity index is 1900. The van der Waals surface area contributed by atoms with E-state index in [1.807, 2.05) is 72.8 Å². The highest BCUT2D eigenvalue weighted by atomic mass is 16.5. The lowest BCUT2D eigenvalue weighted by atomic mass is 9.92. The number of aromatic nitrogens is 2. The average Bonchev–Trinajstić information content (AvgIpc) is 3.50. The normalized spacial score (nSPS) is 12.3. The van der Waals surface area contributed by atoms with Crippen LogP contribution in [0.1, 0.15) is 74.7 Å². The van der Waals surface area contributed by atoms with Crippen molar-refractivity contribution in [2.75, 3.05) is 13.2 Å². The Hall–Kier alpha value is -5.50. The molecule has 8 heteroatoms. The fraction of sp³-hybridized carbons (Fsp3) is 0.231. The second-order valence-corrected chi connectivity index (χ2v) is 11.5. The SMILES string of the molecule is CCCCc1c(-c2ccc(C=O)cc2C(=O)N2CCc3ccccc3C2)c(C(=O)OCC)nn1-c1ccc(Oc2ccccc2)cc1. The highest BCUT2D eigenvalue weighted by molar-refractivity contribution is 6.06. The molecule has 1 aliphatic heterocycles. The van der Waals surface area contributed by atoms with Crippen LogP contribution in [0.3, 0.4) is 0 Å². The number of fused-ring (bicyclic) bond motifs is 1. The molecule has 1 aromatic heterocycles. The van der Waals surface area contributed by atoms with Crippen LogP contribution >= 0.6 is 0 Å². The molecule has 4 aromatic carbocycles. The molecule has 6 rings (SSSR count). The topological polar surface area (TPSA) is 90.7 Å². The largest absolute Gasteiger partial charge is 0.461 e. The number of unbranched alkanes of at least 4 members (excludes halogenated alkanes) is 1. The molecule has 0 radical (unpaired) electrons. The Morgan fingerprint density at radius 3 is 2.32 bits per heavy atom. The van der Waals surface area contributed by atoms with Crippen LogP contribution in [0.4, 0.5) is 0 Å². The number of nitrogens with zero attached hydrogens (tertiary/aromatic N) is 3. The van der Waals surface area contributed by atoms with Crippen molar-refractivity contribution < 1.29 is 23.9 Å². The van der Waals surface area contributed by atoms with Crippen LogP contribution in [0.2, 0.25) is 0 Å². The van der Waals surface area contributed by atoms with Gasteiger partial charge in [-0.25, -0.2) is 9.48 Å². The first-order valence-corrected chi connectivity index (χ1v) is 16.1. The fourth-order valence-electron chi connectivity index (χ4n) is 6.02. The van der Waals surface area contributed by atoms with Crippen molar-refractivity contribution in [3.05, 3.63) is 131 Å². The second-order valence-electron chi connectivity index (χ2n) is 11.5. The van der Waals surface area contributed by atoms with Crippen LogP contribution in [0.15, 0.2) is 97.1 Å². The number of rotatable bonds is 11. The number of aldehydes is 1. The summed E-state index contributed by atoms with van der Waals surface area (Å²) in [6, 6.07) is 30.2. The summed E-state index contributed by atoms with van der Waals surface area (Å²) in [5.74, 6) is 0.605. The maximum atomic E-state index is 14.3. The van der Waals surface area contributed by atoms with Gasteiger partial charge in [0.25, 0.3) is 5.91 Å². The van der Waals surface area contributed by atoms with Crippen LogP contribution < -0.4 is 4.74 Å². The third kappa shape index (κ3) is 6.72. The van der Waals surface area contributed by atoms with E-state index in [0.29, 0.717) is 47.5 Å². The standard InChI is InChI=1S/C39H37N3O5/c1-3-5-15-35-36(33-21-16-27(26-43)24-34(33)38(44)41-23-22-28-11-9-10-12-29(28)25-41)37(39(45)46-4-2)40-42(35)30-17-19-32(20-18-30)47-31-13-7-6-8-14-31/h6-14,16-21,24,26H,3-5,15,22-23,25H2,1-2H3. The lowest BCUT2D eigenvalue weighted by molar-refractivity contribution is 0.0519. The number of hydrogen-bond acceptors (Lipinski definition) is 6. The van der Waals surface area contributed by atoms with E-state index in [0.717, 1.165) is 48.2 Å². The summed E-state index contributed by atoms with van der Waals surface area (Å²) in [6.07, 6.45) is 3.81. The van der Waals surface area contributed by atoms with Crippen LogP contribution in [-0.4, -0.2) is 46.0 Å². The minimum absolute atomic E-state index is 0.124. The maximum Gasteiger partial charge on any atom is 0.359 e. The van der Waals surface area contributed by atoms with Crippen molar-refractivity contribution in [3.63, 3.8) is 0 Å². The summed E-state index contributed by atoms with van der Waals surface area (Å²) in [7, 11) is 0. The predicted molar refractivity (Wildman–Crippen MR) is 180 cm³/mol. The quantitative estimate of drug-likeness (QED) is 0.109. The number of benzene rings is 4. The molecule has 5 aromatic rings. The number of esters is 1. The van der Waals surface area contributed by atoms with Crippen LogP contribution in [0, 0.1) is 0 Å². The Morgan fingerprint density at radius 2 is 1.60 bits per heavy atom.